The zero-order chi connectivity index (χ0) is 24.5. The van der Waals surface area contributed by atoms with Crippen molar-refractivity contribution in [3.05, 3.63) is 0 Å². The fourth-order valence-electron chi connectivity index (χ4n) is 3.54. The largest absolute Gasteiger partial charge is 0.465 e. The first-order chi connectivity index (χ1) is 15.2. The van der Waals surface area contributed by atoms with Crippen molar-refractivity contribution in [2.24, 2.45) is 0 Å². The molecule has 2 N–H and O–H groups in total. The van der Waals surface area contributed by atoms with Crippen molar-refractivity contribution in [2.45, 2.75) is 116 Å². The minimum Gasteiger partial charge on any atom is -0.465 e. The molecule has 0 aliphatic carbocycles. The van der Waals surface area contributed by atoms with Gasteiger partial charge >= 0.3 is 21.2 Å². The SMILES string of the molecule is CCCCCCCCOP(=O)(O)C(CC)(C(=O)OCC)P(=O)(O)OCCCCCCCC. The van der Waals surface area contributed by atoms with Crippen LogP contribution in [0, 0.1) is 0 Å². The van der Waals surface area contributed by atoms with Crippen LogP contribution in [0.15, 0.2) is 0 Å². The van der Waals surface area contributed by atoms with Crippen molar-refractivity contribution in [1.82, 2.24) is 0 Å². The molecule has 2 unspecified atom stereocenters. The highest BCUT2D eigenvalue weighted by Gasteiger charge is 2.68. The first-order valence-corrected chi connectivity index (χ1v) is 15.4. The molecular formula is C22H46O8P2. The van der Waals surface area contributed by atoms with Crippen LogP contribution in [-0.2, 0) is 27.7 Å². The van der Waals surface area contributed by atoms with Crippen LogP contribution >= 0.6 is 15.2 Å². The van der Waals surface area contributed by atoms with Crippen LogP contribution in [0.3, 0.4) is 0 Å². The molecule has 0 saturated heterocycles. The Bertz CT molecular complexity index is 558. The normalized spacial score (nSPS) is 17.3. The summed E-state index contributed by atoms with van der Waals surface area (Å²) in [4.78, 5) is 31.5. The summed E-state index contributed by atoms with van der Waals surface area (Å²) in [5.74, 6) is -1.23. The van der Waals surface area contributed by atoms with Gasteiger partial charge < -0.3 is 23.6 Å². The lowest BCUT2D eigenvalue weighted by Crippen LogP contribution is -2.41. The lowest BCUT2D eigenvalue weighted by molar-refractivity contribution is -0.145. The fourth-order valence-corrected chi connectivity index (χ4v) is 7.73. The number of hydrogen-bond donors (Lipinski definition) is 2. The number of carbonyl (C=O) groups is 1. The van der Waals surface area contributed by atoms with Crippen LogP contribution in [0.5, 0.6) is 0 Å². The average molecular weight is 501 g/mol. The van der Waals surface area contributed by atoms with E-state index in [1.165, 1.54) is 13.8 Å². The first-order valence-electron chi connectivity index (χ1n) is 12.3. The van der Waals surface area contributed by atoms with E-state index in [0.717, 1.165) is 64.2 Å². The molecule has 0 aromatic rings. The third-order valence-electron chi connectivity index (χ3n) is 5.56. The second-order valence-corrected chi connectivity index (χ2v) is 12.6. The molecule has 0 fully saturated rings. The van der Waals surface area contributed by atoms with E-state index in [2.05, 4.69) is 13.8 Å². The molecule has 0 saturated carbocycles. The van der Waals surface area contributed by atoms with Crippen molar-refractivity contribution in [3.8, 4) is 0 Å². The van der Waals surface area contributed by atoms with E-state index in [0.29, 0.717) is 12.8 Å². The topological polar surface area (TPSA) is 119 Å². The summed E-state index contributed by atoms with van der Waals surface area (Å²) in [6.45, 7) is 6.88. The van der Waals surface area contributed by atoms with E-state index >= 15 is 0 Å². The molecule has 0 radical (unpaired) electrons. The van der Waals surface area contributed by atoms with Crippen molar-refractivity contribution < 1.29 is 37.5 Å². The van der Waals surface area contributed by atoms with Gasteiger partial charge in [0.15, 0.2) is 0 Å². The van der Waals surface area contributed by atoms with Gasteiger partial charge in [-0.25, -0.2) is 0 Å². The molecule has 0 rings (SSSR count). The predicted molar refractivity (Wildman–Crippen MR) is 128 cm³/mol. The quantitative estimate of drug-likeness (QED) is 0.101. The van der Waals surface area contributed by atoms with Crippen LogP contribution in [0.2, 0.25) is 0 Å². The van der Waals surface area contributed by atoms with Gasteiger partial charge in [-0.05, 0) is 26.2 Å². The van der Waals surface area contributed by atoms with Gasteiger partial charge in [0.1, 0.15) is 0 Å². The molecular weight excluding hydrogens is 454 g/mol. The summed E-state index contributed by atoms with van der Waals surface area (Å²) in [5.41, 5.74) is 0. The van der Waals surface area contributed by atoms with E-state index < -0.39 is 32.5 Å². The maximum Gasteiger partial charge on any atom is 0.357 e. The Hall–Kier alpha value is -0.230. The maximum atomic E-state index is 13.2. The molecule has 32 heavy (non-hydrogen) atoms. The van der Waals surface area contributed by atoms with Gasteiger partial charge in [-0.15, -0.1) is 0 Å². The summed E-state index contributed by atoms with van der Waals surface area (Å²) in [6, 6.07) is 0. The second kappa shape index (κ2) is 17.2. The molecule has 192 valence electrons. The molecule has 8 nitrogen and oxygen atoms in total. The molecule has 0 aliphatic rings. The molecule has 0 aromatic carbocycles. The van der Waals surface area contributed by atoms with Gasteiger partial charge in [-0.2, -0.15) is 0 Å². The Kier molecular flexibility index (Phi) is 17.1. The zero-order valence-corrected chi connectivity index (χ0v) is 22.3. The number of carbonyl (C=O) groups excluding carboxylic acids is 1. The van der Waals surface area contributed by atoms with Gasteiger partial charge in [0.2, 0.25) is 0 Å². The van der Waals surface area contributed by atoms with Crippen molar-refractivity contribution in [1.29, 1.82) is 0 Å². The highest BCUT2D eigenvalue weighted by atomic mass is 31.2. The lowest BCUT2D eigenvalue weighted by atomic mass is 10.1. The number of ether oxygens (including phenoxy) is 1. The Morgan fingerprint density at radius 3 is 1.41 bits per heavy atom. The third kappa shape index (κ3) is 9.95. The molecule has 2 atom stereocenters. The van der Waals surface area contributed by atoms with Gasteiger partial charge in [-0.1, -0.05) is 85.0 Å². The summed E-state index contributed by atoms with van der Waals surface area (Å²) < 4.78 is 41.8. The van der Waals surface area contributed by atoms with E-state index in [9.17, 15) is 23.7 Å². The third-order valence-corrected chi connectivity index (χ3v) is 11.0. The Morgan fingerprint density at radius 1 is 0.688 bits per heavy atom. The first kappa shape index (κ1) is 31.8. The van der Waals surface area contributed by atoms with Crippen LogP contribution in [-0.4, -0.2) is 40.5 Å². The van der Waals surface area contributed by atoms with Crippen LogP contribution in [0.25, 0.3) is 0 Å². The van der Waals surface area contributed by atoms with E-state index in [4.69, 9.17) is 13.8 Å². The van der Waals surface area contributed by atoms with Crippen LogP contribution in [0.4, 0.5) is 0 Å². The highest BCUT2D eigenvalue weighted by Crippen LogP contribution is 2.75. The van der Waals surface area contributed by atoms with E-state index in [1.807, 2.05) is 0 Å². The summed E-state index contributed by atoms with van der Waals surface area (Å²) in [7, 11) is -9.77. The Morgan fingerprint density at radius 2 is 1.06 bits per heavy atom. The van der Waals surface area contributed by atoms with Crippen molar-refractivity contribution >= 4 is 21.2 Å². The van der Waals surface area contributed by atoms with Crippen molar-refractivity contribution in [2.75, 3.05) is 19.8 Å². The van der Waals surface area contributed by atoms with Gasteiger partial charge in [0.05, 0.1) is 19.8 Å². The molecule has 10 heteroatoms. The van der Waals surface area contributed by atoms with Gasteiger partial charge in [-0.3, -0.25) is 13.9 Å². The molecule has 0 heterocycles. The second-order valence-electron chi connectivity index (χ2n) is 8.13. The summed E-state index contributed by atoms with van der Waals surface area (Å²) in [6.07, 6.45) is 10.8. The minimum atomic E-state index is -4.89. The van der Waals surface area contributed by atoms with Gasteiger partial charge in [0, 0.05) is 0 Å². The predicted octanol–water partition coefficient (Wildman–Crippen LogP) is 6.78. The number of hydrogen-bond acceptors (Lipinski definition) is 6. The molecule has 0 aliphatic heterocycles. The standard InChI is InChI=1S/C22H46O8P2/c1-5-9-11-13-15-17-19-29-31(24,25)22(7-3,21(23)28-8-4)32(26,27)30-20-18-16-14-12-10-6-2/h5-20H2,1-4H3,(H,24,25)(H,26,27). The zero-order valence-electron chi connectivity index (χ0n) is 20.6. The molecule has 0 aromatic heterocycles. The lowest BCUT2D eigenvalue weighted by Gasteiger charge is -2.35. The molecule has 0 bridgehead atoms. The Balaban J connectivity index is 5.22. The smallest absolute Gasteiger partial charge is 0.357 e. The summed E-state index contributed by atoms with van der Waals surface area (Å²) >= 11 is 0. The van der Waals surface area contributed by atoms with E-state index in [-0.39, 0.29) is 19.8 Å². The fraction of sp³-hybridized carbons (Fsp3) is 0.955. The van der Waals surface area contributed by atoms with Crippen LogP contribution < -0.4 is 0 Å². The molecule has 0 amide bonds. The molecule has 0 spiro atoms. The summed E-state index contributed by atoms with van der Waals surface area (Å²) in [5, 5.41) is 0. The number of rotatable bonds is 21. The monoisotopic (exact) mass is 500 g/mol. The Labute approximate surface area is 194 Å². The highest BCUT2D eigenvalue weighted by molar-refractivity contribution is 7.75. The number of unbranched alkanes of at least 4 members (excludes halogenated alkanes) is 10. The minimum absolute atomic E-state index is 0.0848. The van der Waals surface area contributed by atoms with E-state index in [1.54, 1.807) is 0 Å². The van der Waals surface area contributed by atoms with Gasteiger partial charge in [0.25, 0.3) is 4.90 Å². The van der Waals surface area contributed by atoms with Crippen molar-refractivity contribution in [3.63, 3.8) is 0 Å². The number of esters is 1. The van der Waals surface area contributed by atoms with Crippen LogP contribution in [0.1, 0.15) is 111 Å². The maximum absolute atomic E-state index is 13.2. The average Bonchev–Trinajstić information content (AvgIpc) is 2.73.